The lowest BCUT2D eigenvalue weighted by Crippen LogP contribution is -2.17. The molecule has 7 heteroatoms. The van der Waals surface area contributed by atoms with E-state index in [4.69, 9.17) is 0 Å². The number of hydrogen-bond donors (Lipinski definition) is 2. The summed E-state index contributed by atoms with van der Waals surface area (Å²) in [5, 5.41) is 10.6. The Bertz CT molecular complexity index is 1550. The fraction of sp³-hybridized carbons (Fsp3) is 0.148. The van der Waals surface area contributed by atoms with Gasteiger partial charge in [0.2, 0.25) is 0 Å². The van der Waals surface area contributed by atoms with Crippen LogP contribution >= 0.6 is 0 Å². The zero-order valence-electron chi connectivity index (χ0n) is 19.2. The van der Waals surface area contributed by atoms with Crippen LogP contribution in [0.4, 0.5) is 10.1 Å². The lowest BCUT2D eigenvalue weighted by atomic mass is 9.98. The summed E-state index contributed by atoms with van der Waals surface area (Å²) in [5.74, 6) is -2.25. The Balaban J connectivity index is 1.93. The van der Waals surface area contributed by atoms with Crippen LogP contribution in [0.15, 0.2) is 65.6 Å². The number of benzene rings is 4. The van der Waals surface area contributed by atoms with E-state index in [1.807, 2.05) is 19.9 Å². The van der Waals surface area contributed by atoms with Gasteiger partial charge in [0, 0.05) is 10.9 Å². The molecule has 34 heavy (non-hydrogen) atoms. The average Bonchev–Trinajstić information content (AvgIpc) is 2.77. The summed E-state index contributed by atoms with van der Waals surface area (Å²) in [6.45, 7) is 7.29. The second kappa shape index (κ2) is 8.57. The predicted octanol–water partition coefficient (Wildman–Crippen LogP) is 6.38. The molecule has 174 valence electrons. The molecule has 4 rings (SSSR count). The molecule has 0 heterocycles. The number of aromatic carboxylic acids is 1. The summed E-state index contributed by atoms with van der Waals surface area (Å²) < 4.78 is 44.9. The van der Waals surface area contributed by atoms with Crippen LogP contribution in [0, 0.1) is 33.5 Å². The molecule has 0 spiro atoms. The Kier molecular flexibility index (Phi) is 5.91. The number of nitrogens with one attached hydrogen (secondary N) is 1. The number of rotatable bonds is 5. The highest BCUT2D eigenvalue weighted by atomic mass is 32.2. The van der Waals surface area contributed by atoms with E-state index in [-0.39, 0.29) is 16.1 Å². The monoisotopic (exact) mass is 477 g/mol. The number of aryl methyl sites for hydroxylation is 2. The van der Waals surface area contributed by atoms with E-state index < -0.39 is 27.4 Å². The Labute approximate surface area is 197 Å². The molecule has 0 fully saturated rings. The Morgan fingerprint density at radius 2 is 1.53 bits per heavy atom. The fourth-order valence-electron chi connectivity index (χ4n) is 4.25. The number of sulfonamides is 1. The third-order valence-corrected chi connectivity index (χ3v) is 7.85. The summed E-state index contributed by atoms with van der Waals surface area (Å²) >= 11 is 0. The summed E-state index contributed by atoms with van der Waals surface area (Å²) in [6.07, 6.45) is 0. The molecule has 0 saturated heterocycles. The van der Waals surface area contributed by atoms with Gasteiger partial charge >= 0.3 is 5.97 Å². The normalized spacial score (nSPS) is 11.6. The summed E-state index contributed by atoms with van der Waals surface area (Å²) in [6, 6.07) is 16.5. The molecule has 0 aromatic heterocycles. The SMILES string of the molecule is Cc1cc(C)c(C)c(S(=O)(=O)Nc2cc(-c3cccc(C(=O)O)c3F)cc3ccccc23)c1C. The lowest BCUT2D eigenvalue weighted by Gasteiger charge is -2.18. The van der Waals surface area contributed by atoms with Crippen molar-refractivity contribution in [2.24, 2.45) is 0 Å². The Morgan fingerprint density at radius 1 is 0.882 bits per heavy atom. The average molecular weight is 478 g/mol. The minimum atomic E-state index is -3.98. The molecule has 0 aliphatic heterocycles. The first-order chi connectivity index (χ1) is 16.0. The van der Waals surface area contributed by atoms with Crippen LogP contribution in [0.1, 0.15) is 32.6 Å². The number of carboxylic acids is 1. The Hall–Kier alpha value is -3.71. The largest absolute Gasteiger partial charge is 0.478 e. The minimum absolute atomic E-state index is 0.0739. The van der Waals surface area contributed by atoms with Crippen LogP contribution in [0.3, 0.4) is 0 Å². The van der Waals surface area contributed by atoms with Crippen molar-refractivity contribution in [1.29, 1.82) is 0 Å². The van der Waals surface area contributed by atoms with Gasteiger partial charge in [-0.25, -0.2) is 17.6 Å². The molecule has 4 aromatic rings. The van der Waals surface area contributed by atoms with Crippen molar-refractivity contribution < 1.29 is 22.7 Å². The third kappa shape index (κ3) is 4.03. The van der Waals surface area contributed by atoms with Gasteiger partial charge in [-0.3, -0.25) is 4.72 Å². The molecule has 0 aliphatic carbocycles. The number of carbonyl (C=O) groups is 1. The smallest absolute Gasteiger partial charge is 0.338 e. The molecule has 0 bridgehead atoms. The molecule has 0 unspecified atom stereocenters. The molecule has 0 saturated carbocycles. The van der Waals surface area contributed by atoms with E-state index >= 15 is 4.39 Å². The van der Waals surface area contributed by atoms with Gasteiger partial charge in [-0.15, -0.1) is 0 Å². The van der Waals surface area contributed by atoms with Gasteiger partial charge in [0.15, 0.2) is 0 Å². The number of carboxylic acid groups (broad SMARTS) is 1. The van der Waals surface area contributed by atoms with Crippen molar-refractivity contribution in [3.8, 4) is 11.1 Å². The number of hydrogen-bond acceptors (Lipinski definition) is 3. The van der Waals surface area contributed by atoms with Crippen LogP contribution < -0.4 is 4.72 Å². The van der Waals surface area contributed by atoms with Gasteiger partial charge in [0.1, 0.15) is 5.82 Å². The molecule has 4 aromatic carbocycles. The van der Waals surface area contributed by atoms with Crippen molar-refractivity contribution >= 4 is 32.5 Å². The van der Waals surface area contributed by atoms with Gasteiger partial charge in [-0.1, -0.05) is 42.5 Å². The van der Waals surface area contributed by atoms with Crippen LogP contribution in [0.2, 0.25) is 0 Å². The second-order valence-electron chi connectivity index (χ2n) is 8.41. The van der Waals surface area contributed by atoms with E-state index in [0.29, 0.717) is 27.5 Å². The first-order valence-corrected chi connectivity index (χ1v) is 12.1. The molecule has 5 nitrogen and oxygen atoms in total. The maximum Gasteiger partial charge on any atom is 0.338 e. The zero-order chi connectivity index (χ0) is 24.8. The van der Waals surface area contributed by atoms with E-state index in [9.17, 15) is 18.3 Å². The van der Waals surface area contributed by atoms with Crippen molar-refractivity contribution in [2.75, 3.05) is 4.72 Å². The van der Waals surface area contributed by atoms with Gasteiger partial charge in [0.05, 0.1) is 16.1 Å². The fourth-order valence-corrected chi connectivity index (χ4v) is 5.94. The first-order valence-electron chi connectivity index (χ1n) is 10.7. The van der Waals surface area contributed by atoms with Crippen molar-refractivity contribution in [1.82, 2.24) is 0 Å². The standard InChI is InChI=1S/C27H24FNO4S/c1-15-12-16(2)18(4)26(17(15)3)34(32,33)29-24-14-20(13-19-8-5-6-9-21(19)24)22-10-7-11-23(25(22)28)27(30)31/h5-14,29H,1-4H3,(H,30,31). The molecule has 2 N–H and O–H groups in total. The van der Waals surface area contributed by atoms with Crippen molar-refractivity contribution in [3.63, 3.8) is 0 Å². The first kappa shape index (κ1) is 23.4. The molecule has 0 aliphatic rings. The van der Waals surface area contributed by atoms with Gasteiger partial charge in [0.25, 0.3) is 10.0 Å². The van der Waals surface area contributed by atoms with E-state index in [0.717, 1.165) is 11.1 Å². The van der Waals surface area contributed by atoms with Crippen LogP contribution in [-0.2, 0) is 10.0 Å². The summed E-state index contributed by atoms with van der Waals surface area (Å²) in [5.41, 5.74) is 3.34. The molecule has 0 radical (unpaired) electrons. The number of anilines is 1. The molecule has 0 atom stereocenters. The van der Waals surface area contributed by atoms with E-state index in [1.165, 1.54) is 24.3 Å². The van der Waals surface area contributed by atoms with Crippen molar-refractivity contribution in [3.05, 3.63) is 94.3 Å². The maximum absolute atomic E-state index is 15.0. The van der Waals surface area contributed by atoms with Crippen molar-refractivity contribution in [2.45, 2.75) is 32.6 Å². The highest BCUT2D eigenvalue weighted by Gasteiger charge is 2.24. The molecular weight excluding hydrogens is 453 g/mol. The van der Waals surface area contributed by atoms with Crippen LogP contribution in [-0.4, -0.2) is 19.5 Å². The maximum atomic E-state index is 15.0. The van der Waals surface area contributed by atoms with E-state index in [1.54, 1.807) is 44.2 Å². The minimum Gasteiger partial charge on any atom is -0.478 e. The number of halogens is 1. The van der Waals surface area contributed by atoms with Crippen LogP contribution in [0.25, 0.3) is 21.9 Å². The quantitative estimate of drug-likeness (QED) is 0.349. The predicted molar refractivity (Wildman–Crippen MR) is 132 cm³/mol. The Morgan fingerprint density at radius 3 is 2.18 bits per heavy atom. The van der Waals surface area contributed by atoms with Gasteiger partial charge < -0.3 is 5.11 Å². The van der Waals surface area contributed by atoms with E-state index in [2.05, 4.69) is 4.72 Å². The topological polar surface area (TPSA) is 83.5 Å². The second-order valence-corrected chi connectivity index (χ2v) is 10.0. The lowest BCUT2D eigenvalue weighted by molar-refractivity contribution is 0.0692. The molecule has 0 amide bonds. The summed E-state index contributed by atoms with van der Waals surface area (Å²) in [4.78, 5) is 11.6. The van der Waals surface area contributed by atoms with Gasteiger partial charge in [-0.2, -0.15) is 0 Å². The third-order valence-electron chi connectivity index (χ3n) is 6.21. The summed E-state index contributed by atoms with van der Waals surface area (Å²) in [7, 11) is -3.98. The van der Waals surface area contributed by atoms with Crippen LogP contribution in [0.5, 0.6) is 0 Å². The zero-order valence-corrected chi connectivity index (χ0v) is 20.0. The molecular formula is C27H24FNO4S. The van der Waals surface area contributed by atoms with Gasteiger partial charge in [-0.05, 0) is 79.1 Å². The highest BCUT2D eigenvalue weighted by molar-refractivity contribution is 7.92. The highest BCUT2D eigenvalue weighted by Crippen LogP contribution is 2.35. The number of fused-ring (bicyclic) bond motifs is 1.